The third-order valence-corrected chi connectivity index (χ3v) is 7.86. The van der Waals surface area contributed by atoms with Crippen molar-refractivity contribution in [3.8, 4) is 0 Å². The van der Waals surface area contributed by atoms with E-state index in [9.17, 15) is 14.4 Å². The molecule has 4 N–H and O–H groups in total. The Morgan fingerprint density at radius 1 is 1.03 bits per heavy atom. The Morgan fingerprint density at radius 2 is 1.72 bits per heavy atom. The summed E-state index contributed by atoms with van der Waals surface area (Å²) < 4.78 is 1.13. The Hall–Kier alpha value is -3.23. The molecule has 2 aromatic carbocycles. The van der Waals surface area contributed by atoms with Gasteiger partial charge in [-0.25, -0.2) is 5.48 Å². The molecule has 2 atom stereocenters. The van der Waals surface area contributed by atoms with Crippen LogP contribution in [0.4, 0.5) is 0 Å². The molecule has 0 saturated heterocycles. The van der Waals surface area contributed by atoms with Crippen LogP contribution in [0, 0.1) is 5.92 Å². The topological polar surface area (TPSA) is 108 Å². The summed E-state index contributed by atoms with van der Waals surface area (Å²) in [4.78, 5) is 38.6. The molecule has 1 aliphatic carbocycles. The molecule has 0 saturated carbocycles. The number of hydrogen-bond donors (Lipinski definition) is 4. The number of benzene rings is 2. The summed E-state index contributed by atoms with van der Waals surface area (Å²) in [5, 5.41) is 18.2. The first kappa shape index (κ1) is 25.9. The Labute approximate surface area is 215 Å². The van der Waals surface area contributed by atoms with Gasteiger partial charge in [0.05, 0.1) is 0 Å². The van der Waals surface area contributed by atoms with Crippen LogP contribution in [0.5, 0.6) is 0 Å². The largest absolute Gasteiger partial charge is 0.351 e. The molecule has 8 heteroatoms. The second kappa shape index (κ2) is 12.1. The molecule has 4 rings (SSSR count). The lowest BCUT2D eigenvalue weighted by Crippen LogP contribution is -2.52. The number of nitrogens with one attached hydrogen (secondary N) is 3. The van der Waals surface area contributed by atoms with Crippen LogP contribution in [-0.4, -0.2) is 35.0 Å². The van der Waals surface area contributed by atoms with Crippen molar-refractivity contribution in [1.82, 2.24) is 16.1 Å². The van der Waals surface area contributed by atoms with Crippen molar-refractivity contribution in [2.45, 2.75) is 64.0 Å². The predicted molar refractivity (Wildman–Crippen MR) is 141 cm³/mol. The average molecular weight is 508 g/mol. The van der Waals surface area contributed by atoms with E-state index in [-0.39, 0.29) is 24.3 Å². The maximum Gasteiger partial charge on any atom is 0.244 e. The molecule has 7 nitrogen and oxygen atoms in total. The molecular formula is C28H33N3O4S. The van der Waals surface area contributed by atoms with Gasteiger partial charge < -0.3 is 10.6 Å². The first-order valence-electron chi connectivity index (χ1n) is 12.5. The van der Waals surface area contributed by atoms with Crippen molar-refractivity contribution in [2.24, 2.45) is 5.92 Å². The number of fused-ring (bicyclic) bond motifs is 2. The summed E-state index contributed by atoms with van der Waals surface area (Å²) in [6.07, 6.45) is 3.90. The van der Waals surface area contributed by atoms with Gasteiger partial charge in [0.15, 0.2) is 0 Å². The third kappa shape index (κ3) is 6.30. The summed E-state index contributed by atoms with van der Waals surface area (Å²) in [6.45, 7) is 2.01. The van der Waals surface area contributed by atoms with Crippen molar-refractivity contribution in [1.29, 1.82) is 0 Å². The van der Waals surface area contributed by atoms with Crippen molar-refractivity contribution in [3.63, 3.8) is 0 Å². The van der Waals surface area contributed by atoms with Gasteiger partial charge in [0.25, 0.3) is 0 Å². The van der Waals surface area contributed by atoms with Crippen LogP contribution in [0.3, 0.4) is 0 Å². The van der Waals surface area contributed by atoms with Crippen molar-refractivity contribution in [3.05, 3.63) is 70.6 Å². The Bertz CT molecular complexity index is 1200. The fourth-order valence-corrected chi connectivity index (χ4v) is 5.89. The molecule has 3 aromatic rings. The van der Waals surface area contributed by atoms with Gasteiger partial charge in [0, 0.05) is 29.5 Å². The second-order valence-corrected chi connectivity index (χ2v) is 10.4. The standard InChI is InChI=1S/C28H33N3O4S/c1-2-3-8-20(16-26(32)31-35)27(33)30-24(15-21-17-36-25-12-7-6-11-23(21)25)28(34)29-22-13-18-9-4-5-10-19(18)14-22/h4-7,9-12,17,20,22,24,35H,2-3,8,13-16H2,1H3,(H,29,34)(H,30,33)(H,31,32)/t20-,24+/m1/s1. The van der Waals surface area contributed by atoms with Gasteiger partial charge in [0.2, 0.25) is 17.7 Å². The van der Waals surface area contributed by atoms with Crippen molar-refractivity contribution in [2.75, 3.05) is 0 Å². The predicted octanol–water partition coefficient (Wildman–Crippen LogP) is 3.91. The Morgan fingerprint density at radius 3 is 2.42 bits per heavy atom. The molecular weight excluding hydrogens is 474 g/mol. The molecule has 190 valence electrons. The van der Waals surface area contributed by atoms with Crippen LogP contribution < -0.4 is 16.1 Å². The third-order valence-electron chi connectivity index (χ3n) is 6.85. The number of thiophene rings is 1. The molecule has 1 aliphatic rings. The first-order chi connectivity index (χ1) is 17.5. The van der Waals surface area contributed by atoms with Crippen LogP contribution in [0.25, 0.3) is 10.1 Å². The van der Waals surface area contributed by atoms with Gasteiger partial charge in [-0.05, 0) is 52.8 Å². The van der Waals surface area contributed by atoms with E-state index < -0.39 is 17.9 Å². The van der Waals surface area contributed by atoms with Crippen molar-refractivity contribution >= 4 is 39.1 Å². The summed E-state index contributed by atoms with van der Waals surface area (Å²) >= 11 is 1.61. The van der Waals surface area contributed by atoms with E-state index in [1.807, 2.05) is 48.7 Å². The van der Waals surface area contributed by atoms with Crippen molar-refractivity contribution < 1.29 is 19.6 Å². The number of carbonyl (C=O) groups excluding carboxylic acids is 3. The summed E-state index contributed by atoms with van der Waals surface area (Å²) in [5.74, 6) is -1.80. The highest BCUT2D eigenvalue weighted by Gasteiger charge is 2.30. The van der Waals surface area contributed by atoms with Gasteiger partial charge >= 0.3 is 0 Å². The van der Waals surface area contributed by atoms with Crippen LogP contribution in [0.15, 0.2) is 53.9 Å². The minimum atomic E-state index is -0.777. The zero-order chi connectivity index (χ0) is 25.5. The van der Waals surface area contributed by atoms with E-state index in [1.165, 1.54) is 11.1 Å². The smallest absolute Gasteiger partial charge is 0.244 e. The van der Waals surface area contributed by atoms with Crippen LogP contribution in [0.2, 0.25) is 0 Å². The monoisotopic (exact) mass is 507 g/mol. The lowest BCUT2D eigenvalue weighted by Gasteiger charge is -2.24. The molecule has 1 heterocycles. The molecule has 0 radical (unpaired) electrons. The molecule has 0 fully saturated rings. The van der Waals surface area contributed by atoms with Gasteiger partial charge in [-0.15, -0.1) is 11.3 Å². The van der Waals surface area contributed by atoms with E-state index in [4.69, 9.17) is 5.21 Å². The van der Waals surface area contributed by atoms with E-state index >= 15 is 0 Å². The number of hydrogen-bond acceptors (Lipinski definition) is 5. The van der Waals surface area contributed by atoms with E-state index in [0.717, 1.165) is 41.3 Å². The SMILES string of the molecule is CCCC[C@H](CC(=O)NO)C(=O)N[C@@H](Cc1csc2ccccc12)C(=O)NC1Cc2ccccc2C1. The summed E-state index contributed by atoms with van der Waals surface area (Å²) in [6, 6.07) is 15.4. The maximum atomic E-state index is 13.5. The number of unbranched alkanes of at least 4 members (excludes halogenated alkanes) is 1. The number of amides is 3. The second-order valence-electron chi connectivity index (χ2n) is 9.48. The van der Waals surface area contributed by atoms with Gasteiger partial charge in [-0.3, -0.25) is 19.6 Å². The zero-order valence-electron chi connectivity index (χ0n) is 20.5. The maximum absolute atomic E-state index is 13.5. The van der Waals surface area contributed by atoms with Crippen LogP contribution in [0.1, 0.15) is 49.3 Å². The fraction of sp³-hybridized carbons (Fsp3) is 0.393. The highest BCUT2D eigenvalue weighted by Crippen LogP contribution is 2.27. The number of hydroxylamine groups is 1. The van der Waals surface area contributed by atoms with Crippen LogP contribution in [-0.2, 0) is 33.6 Å². The molecule has 0 unspecified atom stereocenters. The highest BCUT2D eigenvalue weighted by molar-refractivity contribution is 7.17. The highest BCUT2D eigenvalue weighted by atomic mass is 32.1. The number of rotatable bonds is 11. The van der Waals surface area contributed by atoms with Gasteiger partial charge in [-0.2, -0.15) is 0 Å². The molecule has 1 aromatic heterocycles. The minimum absolute atomic E-state index is 0.0235. The van der Waals surface area contributed by atoms with Gasteiger partial charge in [0.1, 0.15) is 6.04 Å². The fourth-order valence-electron chi connectivity index (χ4n) is 4.92. The zero-order valence-corrected chi connectivity index (χ0v) is 21.3. The summed E-state index contributed by atoms with van der Waals surface area (Å²) in [5.41, 5.74) is 5.10. The lowest BCUT2D eigenvalue weighted by atomic mass is 9.96. The van der Waals surface area contributed by atoms with Crippen LogP contribution >= 0.6 is 11.3 Å². The molecule has 36 heavy (non-hydrogen) atoms. The molecule has 0 spiro atoms. The van der Waals surface area contributed by atoms with E-state index in [0.29, 0.717) is 12.8 Å². The quantitative estimate of drug-likeness (QED) is 0.233. The molecule has 3 amide bonds. The molecule has 0 aliphatic heterocycles. The lowest BCUT2D eigenvalue weighted by molar-refractivity contribution is -0.136. The van der Waals surface area contributed by atoms with E-state index in [2.05, 4.69) is 22.8 Å². The Kier molecular flexibility index (Phi) is 8.72. The molecule has 0 bridgehead atoms. The summed E-state index contributed by atoms with van der Waals surface area (Å²) in [7, 11) is 0. The van der Waals surface area contributed by atoms with Gasteiger partial charge in [-0.1, -0.05) is 62.2 Å². The first-order valence-corrected chi connectivity index (χ1v) is 13.4. The average Bonchev–Trinajstić information content (AvgIpc) is 3.49. The minimum Gasteiger partial charge on any atom is -0.351 e. The Balaban J connectivity index is 1.52. The number of carbonyl (C=O) groups is 3. The normalized spacial score (nSPS) is 14.7. The van der Waals surface area contributed by atoms with E-state index in [1.54, 1.807) is 16.8 Å².